The minimum absolute atomic E-state index is 0.389. The molecule has 84 valence electrons. The van der Waals surface area contributed by atoms with E-state index in [1.807, 2.05) is 12.1 Å². The van der Waals surface area contributed by atoms with Crippen molar-refractivity contribution >= 4 is 22.8 Å². The Hall–Kier alpha value is -1.55. The average Bonchev–Trinajstić information content (AvgIpc) is 2.70. The Bertz CT molecular complexity index is 439. The normalized spacial score (nSPS) is 12.3. The number of aromatic nitrogens is 1. The van der Waals surface area contributed by atoms with E-state index in [4.69, 9.17) is 5.73 Å². The van der Waals surface area contributed by atoms with Crippen LogP contribution in [0.5, 0.6) is 0 Å². The Kier molecular flexibility index (Phi) is 3.41. The number of thiophene rings is 1. The van der Waals surface area contributed by atoms with Crippen molar-refractivity contribution in [3.05, 3.63) is 40.7 Å². The number of nitrogens with one attached hydrogen (secondary N) is 1. The fourth-order valence-electron chi connectivity index (χ4n) is 1.60. The van der Waals surface area contributed by atoms with Crippen LogP contribution in [0.15, 0.2) is 35.8 Å². The maximum absolute atomic E-state index is 5.62. The number of anilines is 2. The summed E-state index contributed by atoms with van der Waals surface area (Å²) in [5.74, 6) is 0.549. The fourth-order valence-corrected chi connectivity index (χ4v) is 2.44. The highest BCUT2D eigenvalue weighted by molar-refractivity contribution is 7.09. The van der Waals surface area contributed by atoms with Crippen LogP contribution in [0, 0.1) is 0 Å². The van der Waals surface area contributed by atoms with E-state index >= 15 is 0 Å². The Balaban J connectivity index is 1.94. The number of nitrogens with two attached hydrogens (primary N) is 1. The molecule has 2 rings (SSSR count). The molecule has 0 bridgehead atoms. The van der Waals surface area contributed by atoms with Crippen LogP contribution >= 0.6 is 11.3 Å². The Morgan fingerprint density at radius 1 is 1.50 bits per heavy atom. The molecule has 16 heavy (non-hydrogen) atoms. The molecule has 2 aromatic heterocycles. The summed E-state index contributed by atoms with van der Waals surface area (Å²) in [5, 5.41) is 5.51. The van der Waals surface area contributed by atoms with Crippen LogP contribution in [0.25, 0.3) is 0 Å². The van der Waals surface area contributed by atoms with E-state index in [-0.39, 0.29) is 0 Å². The van der Waals surface area contributed by atoms with E-state index in [1.54, 1.807) is 17.5 Å². The van der Waals surface area contributed by atoms with Gasteiger partial charge in [0.25, 0.3) is 0 Å². The highest BCUT2D eigenvalue weighted by atomic mass is 32.1. The summed E-state index contributed by atoms with van der Waals surface area (Å²) in [7, 11) is 0. The van der Waals surface area contributed by atoms with Gasteiger partial charge < -0.3 is 11.1 Å². The average molecular weight is 233 g/mol. The van der Waals surface area contributed by atoms with Crippen LogP contribution in [0.4, 0.5) is 11.5 Å². The molecule has 2 heterocycles. The summed E-state index contributed by atoms with van der Waals surface area (Å²) < 4.78 is 0. The number of nitrogen functional groups attached to an aromatic ring is 1. The van der Waals surface area contributed by atoms with Gasteiger partial charge in [-0.1, -0.05) is 6.07 Å². The molecule has 3 N–H and O–H groups in total. The lowest BCUT2D eigenvalue weighted by atomic mass is 10.2. The smallest absolute Gasteiger partial charge is 0.125 e. The quantitative estimate of drug-likeness (QED) is 0.853. The van der Waals surface area contributed by atoms with Gasteiger partial charge >= 0.3 is 0 Å². The summed E-state index contributed by atoms with van der Waals surface area (Å²) in [4.78, 5) is 5.35. The topological polar surface area (TPSA) is 50.9 Å². The SMILES string of the molecule is CC(Cc1cccs1)Nc1ccnc(N)c1. The zero-order valence-electron chi connectivity index (χ0n) is 9.18. The molecule has 0 saturated heterocycles. The predicted molar refractivity (Wildman–Crippen MR) is 69.8 cm³/mol. The number of nitrogens with zero attached hydrogens (tertiary/aromatic N) is 1. The van der Waals surface area contributed by atoms with Crippen molar-refractivity contribution in [2.75, 3.05) is 11.1 Å². The monoisotopic (exact) mass is 233 g/mol. The third kappa shape index (κ3) is 2.97. The van der Waals surface area contributed by atoms with E-state index in [2.05, 4.69) is 34.7 Å². The zero-order valence-corrected chi connectivity index (χ0v) is 10.00. The van der Waals surface area contributed by atoms with Crippen LogP contribution in [0.1, 0.15) is 11.8 Å². The molecule has 4 heteroatoms. The van der Waals surface area contributed by atoms with E-state index in [0.29, 0.717) is 11.9 Å². The second kappa shape index (κ2) is 4.99. The molecule has 0 saturated carbocycles. The van der Waals surface area contributed by atoms with E-state index < -0.39 is 0 Å². The van der Waals surface area contributed by atoms with Gasteiger partial charge in [-0.15, -0.1) is 11.3 Å². The molecule has 3 nitrogen and oxygen atoms in total. The first kappa shape index (κ1) is 11.0. The van der Waals surface area contributed by atoms with Gasteiger partial charge in [0.15, 0.2) is 0 Å². The number of pyridine rings is 1. The van der Waals surface area contributed by atoms with Gasteiger partial charge in [0.2, 0.25) is 0 Å². The van der Waals surface area contributed by atoms with Gasteiger partial charge in [0, 0.05) is 35.3 Å². The lowest BCUT2D eigenvalue weighted by Gasteiger charge is -2.14. The maximum atomic E-state index is 5.62. The molecular formula is C12H15N3S. The fraction of sp³-hybridized carbons (Fsp3) is 0.250. The highest BCUT2D eigenvalue weighted by Gasteiger charge is 2.04. The summed E-state index contributed by atoms with van der Waals surface area (Å²) in [6.07, 6.45) is 2.75. The van der Waals surface area contributed by atoms with Gasteiger partial charge in [-0.05, 0) is 24.4 Å². The van der Waals surface area contributed by atoms with Crippen LogP contribution in [0.2, 0.25) is 0 Å². The molecule has 0 aliphatic carbocycles. The van der Waals surface area contributed by atoms with Crippen molar-refractivity contribution in [2.24, 2.45) is 0 Å². The molecule has 0 aliphatic rings. The molecule has 0 spiro atoms. The Morgan fingerprint density at radius 2 is 2.38 bits per heavy atom. The van der Waals surface area contributed by atoms with Gasteiger partial charge in [-0.3, -0.25) is 0 Å². The third-order valence-electron chi connectivity index (χ3n) is 2.28. The van der Waals surface area contributed by atoms with Crippen molar-refractivity contribution < 1.29 is 0 Å². The van der Waals surface area contributed by atoms with Crippen LogP contribution in [0.3, 0.4) is 0 Å². The van der Waals surface area contributed by atoms with E-state index in [0.717, 1.165) is 12.1 Å². The van der Waals surface area contributed by atoms with E-state index in [1.165, 1.54) is 4.88 Å². The summed E-state index contributed by atoms with van der Waals surface area (Å²) >= 11 is 1.79. The first-order valence-corrected chi connectivity index (χ1v) is 6.12. The zero-order chi connectivity index (χ0) is 11.4. The standard InChI is InChI=1S/C12H15N3S/c1-9(7-11-3-2-6-16-11)15-10-4-5-14-12(13)8-10/h2-6,8-9H,7H2,1H3,(H3,13,14,15). The van der Waals surface area contributed by atoms with Gasteiger partial charge in [0.1, 0.15) is 5.82 Å². The number of rotatable bonds is 4. The van der Waals surface area contributed by atoms with Crippen LogP contribution in [-0.4, -0.2) is 11.0 Å². The molecule has 0 radical (unpaired) electrons. The van der Waals surface area contributed by atoms with Crippen molar-refractivity contribution in [1.29, 1.82) is 0 Å². The summed E-state index contributed by atoms with van der Waals surface area (Å²) in [6, 6.07) is 8.41. The lowest BCUT2D eigenvalue weighted by molar-refractivity contribution is 0.800. The second-order valence-corrected chi connectivity index (χ2v) is 4.83. The maximum Gasteiger partial charge on any atom is 0.125 e. The lowest BCUT2D eigenvalue weighted by Crippen LogP contribution is -2.17. The minimum Gasteiger partial charge on any atom is -0.384 e. The van der Waals surface area contributed by atoms with E-state index in [9.17, 15) is 0 Å². The van der Waals surface area contributed by atoms with Gasteiger partial charge in [-0.25, -0.2) is 4.98 Å². The molecule has 2 aromatic rings. The molecular weight excluding hydrogens is 218 g/mol. The minimum atomic E-state index is 0.389. The Labute approximate surface area is 99.3 Å². The molecule has 0 aromatic carbocycles. The van der Waals surface area contributed by atoms with Crippen molar-refractivity contribution in [1.82, 2.24) is 4.98 Å². The second-order valence-electron chi connectivity index (χ2n) is 3.80. The van der Waals surface area contributed by atoms with Crippen molar-refractivity contribution in [2.45, 2.75) is 19.4 Å². The third-order valence-corrected chi connectivity index (χ3v) is 3.18. The largest absolute Gasteiger partial charge is 0.384 e. The molecule has 1 atom stereocenters. The van der Waals surface area contributed by atoms with Crippen LogP contribution in [-0.2, 0) is 6.42 Å². The number of hydrogen-bond donors (Lipinski definition) is 2. The summed E-state index contributed by atoms with van der Waals surface area (Å²) in [5.41, 5.74) is 6.65. The highest BCUT2D eigenvalue weighted by Crippen LogP contribution is 2.15. The van der Waals surface area contributed by atoms with Crippen molar-refractivity contribution in [3.63, 3.8) is 0 Å². The first-order chi connectivity index (χ1) is 7.74. The molecule has 0 amide bonds. The van der Waals surface area contributed by atoms with Crippen molar-refractivity contribution in [3.8, 4) is 0 Å². The van der Waals surface area contributed by atoms with Gasteiger partial charge in [0.05, 0.1) is 0 Å². The molecule has 0 aliphatic heterocycles. The molecule has 1 unspecified atom stereocenters. The summed E-state index contributed by atoms with van der Waals surface area (Å²) in [6.45, 7) is 2.16. The van der Waals surface area contributed by atoms with Gasteiger partial charge in [-0.2, -0.15) is 0 Å². The van der Waals surface area contributed by atoms with Crippen LogP contribution < -0.4 is 11.1 Å². The number of hydrogen-bond acceptors (Lipinski definition) is 4. The first-order valence-electron chi connectivity index (χ1n) is 5.24. The predicted octanol–water partition coefficient (Wildman–Crippen LogP) is 2.77. The Morgan fingerprint density at radius 3 is 3.06 bits per heavy atom. The molecule has 0 fully saturated rings.